The summed E-state index contributed by atoms with van der Waals surface area (Å²) < 4.78 is 4.67. The zero-order valence-electron chi connectivity index (χ0n) is 9.13. The van der Waals surface area contributed by atoms with Gasteiger partial charge in [-0.1, -0.05) is 23.7 Å². The number of ether oxygens (including phenoxy) is 1. The van der Waals surface area contributed by atoms with E-state index in [4.69, 9.17) is 16.9 Å². The minimum absolute atomic E-state index is 0.193. The lowest BCUT2D eigenvalue weighted by Gasteiger charge is -2.02. The highest BCUT2D eigenvalue weighted by Crippen LogP contribution is 2.24. The molecule has 0 aliphatic rings. The number of nitrogens with zero attached hydrogens (tertiary/aromatic N) is 3. The molecular weight excluding hydrogens is 242 g/mol. The van der Waals surface area contributed by atoms with E-state index in [1.165, 1.54) is 0 Å². The summed E-state index contributed by atoms with van der Waals surface area (Å²) >= 11 is 5.84. The topological polar surface area (TPSA) is 74.8 Å². The summed E-state index contributed by atoms with van der Waals surface area (Å²) in [5.74, 6) is -0.717. The molecule has 0 fully saturated rings. The molecule has 1 aromatic carbocycles. The molecule has 0 aromatic heterocycles. The molecule has 17 heavy (non-hydrogen) atoms. The van der Waals surface area contributed by atoms with Crippen molar-refractivity contribution in [3.8, 4) is 6.07 Å². The van der Waals surface area contributed by atoms with Gasteiger partial charge in [-0.15, -0.1) is 0 Å². The molecule has 0 bridgehead atoms. The lowest BCUT2D eigenvalue weighted by atomic mass is 10.3. The molecule has 0 N–H and O–H groups in total. The average molecular weight is 252 g/mol. The van der Waals surface area contributed by atoms with Gasteiger partial charge in [0.05, 0.1) is 11.6 Å². The lowest BCUT2D eigenvalue weighted by molar-refractivity contribution is -0.143. The Morgan fingerprint density at radius 1 is 1.59 bits per heavy atom. The molecule has 0 aliphatic heterocycles. The Morgan fingerprint density at radius 2 is 2.29 bits per heavy atom. The molecule has 0 amide bonds. The molecule has 0 saturated carbocycles. The fourth-order valence-corrected chi connectivity index (χ4v) is 1.17. The first-order valence-electron chi connectivity index (χ1n) is 4.90. The Morgan fingerprint density at radius 3 is 2.88 bits per heavy atom. The molecular formula is C11H10ClN3O2. The first kappa shape index (κ1) is 13.1. The van der Waals surface area contributed by atoms with E-state index in [-0.39, 0.29) is 6.61 Å². The SMILES string of the molecule is CCOC(=O)[C@H](C#N)N=Nc1ccccc1Cl. The Hall–Kier alpha value is -1.93. The zero-order valence-corrected chi connectivity index (χ0v) is 9.89. The van der Waals surface area contributed by atoms with Crippen LogP contribution in [0.15, 0.2) is 34.5 Å². The molecule has 1 rings (SSSR count). The quantitative estimate of drug-likeness (QED) is 0.610. The molecule has 6 heteroatoms. The highest BCUT2D eigenvalue weighted by molar-refractivity contribution is 6.32. The third-order valence-electron chi connectivity index (χ3n) is 1.77. The fourth-order valence-electron chi connectivity index (χ4n) is 1.000. The summed E-state index contributed by atoms with van der Waals surface area (Å²) in [7, 11) is 0. The molecule has 0 aliphatic carbocycles. The fraction of sp³-hybridized carbons (Fsp3) is 0.273. The lowest BCUT2D eigenvalue weighted by Crippen LogP contribution is -2.19. The maximum absolute atomic E-state index is 11.2. The number of hydrogen-bond donors (Lipinski definition) is 0. The van der Waals surface area contributed by atoms with Crippen LogP contribution in [0.2, 0.25) is 5.02 Å². The van der Waals surface area contributed by atoms with Crippen LogP contribution in [0.3, 0.4) is 0 Å². The normalized spacial score (nSPS) is 12.1. The molecule has 88 valence electrons. The zero-order chi connectivity index (χ0) is 12.7. The summed E-state index contributed by atoms with van der Waals surface area (Å²) in [5, 5.41) is 16.5. The van der Waals surface area contributed by atoms with Crippen LogP contribution in [0.1, 0.15) is 6.92 Å². The minimum atomic E-state index is -1.26. The van der Waals surface area contributed by atoms with Crippen molar-refractivity contribution >= 4 is 23.3 Å². The summed E-state index contributed by atoms with van der Waals surface area (Å²) in [6.07, 6.45) is 0. The van der Waals surface area contributed by atoms with Crippen molar-refractivity contribution in [3.05, 3.63) is 29.3 Å². The number of rotatable bonds is 4. The smallest absolute Gasteiger partial charge is 0.347 e. The van der Waals surface area contributed by atoms with Gasteiger partial charge in [0.2, 0.25) is 0 Å². The Balaban J connectivity index is 2.79. The van der Waals surface area contributed by atoms with Gasteiger partial charge in [0, 0.05) is 0 Å². The molecule has 5 nitrogen and oxygen atoms in total. The van der Waals surface area contributed by atoms with E-state index >= 15 is 0 Å². The second-order valence-electron chi connectivity index (χ2n) is 2.95. The van der Waals surface area contributed by atoms with Crippen LogP contribution in [0.25, 0.3) is 0 Å². The van der Waals surface area contributed by atoms with Crippen molar-refractivity contribution in [2.24, 2.45) is 10.2 Å². The van der Waals surface area contributed by atoms with Gasteiger partial charge in [-0.25, -0.2) is 4.79 Å². The van der Waals surface area contributed by atoms with Gasteiger partial charge in [0.1, 0.15) is 11.8 Å². The predicted molar refractivity (Wildman–Crippen MR) is 62.0 cm³/mol. The maximum atomic E-state index is 11.2. The average Bonchev–Trinajstić information content (AvgIpc) is 2.32. The first-order chi connectivity index (χ1) is 8.19. The van der Waals surface area contributed by atoms with Crippen molar-refractivity contribution in [1.82, 2.24) is 0 Å². The van der Waals surface area contributed by atoms with Gasteiger partial charge in [0.25, 0.3) is 6.04 Å². The van der Waals surface area contributed by atoms with Crippen LogP contribution in [0, 0.1) is 11.3 Å². The van der Waals surface area contributed by atoms with Crippen LogP contribution in [0.4, 0.5) is 5.69 Å². The number of benzene rings is 1. The summed E-state index contributed by atoms with van der Waals surface area (Å²) in [5.41, 5.74) is 0.402. The van der Waals surface area contributed by atoms with Crippen molar-refractivity contribution in [2.75, 3.05) is 6.61 Å². The number of esters is 1. The van der Waals surface area contributed by atoms with E-state index in [2.05, 4.69) is 15.0 Å². The van der Waals surface area contributed by atoms with Crippen LogP contribution in [-0.4, -0.2) is 18.6 Å². The van der Waals surface area contributed by atoms with Gasteiger partial charge in [0.15, 0.2) is 0 Å². The van der Waals surface area contributed by atoms with Crippen LogP contribution in [0.5, 0.6) is 0 Å². The maximum Gasteiger partial charge on any atom is 0.347 e. The van der Waals surface area contributed by atoms with Crippen molar-refractivity contribution in [1.29, 1.82) is 5.26 Å². The summed E-state index contributed by atoms with van der Waals surface area (Å²) in [4.78, 5) is 11.2. The molecule has 0 spiro atoms. The van der Waals surface area contributed by atoms with E-state index in [1.807, 2.05) is 0 Å². The highest BCUT2D eigenvalue weighted by atomic mass is 35.5. The third kappa shape index (κ3) is 3.85. The Kier molecular flexibility index (Phi) is 5.11. The van der Waals surface area contributed by atoms with Gasteiger partial charge >= 0.3 is 5.97 Å². The number of hydrogen-bond acceptors (Lipinski definition) is 5. The van der Waals surface area contributed by atoms with Crippen molar-refractivity contribution in [2.45, 2.75) is 13.0 Å². The largest absolute Gasteiger partial charge is 0.464 e. The molecule has 0 saturated heterocycles. The first-order valence-corrected chi connectivity index (χ1v) is 5.28. The number of carbonyl (C=O) groups is 1. The van der Waals surface area contributed by atoms with E-state index < -0.39 is 12.0 Å². The molecule has 0 radical (unpaired) electrons. The summed E-state index contributed by atoms with van der Waals surface area (Å²) in [6, 6.07) is 7.18. The van der Waals surface area contributed by atoms with Crippen molar-refractivity contribution in [3.63, 3.8) is 0 Å². The van der Waals surface area contributed by atoms with Gasteiger partial charge < -0.3 is 4.74 Å². The molecule has 0 heterocycles. The van der Waals surface area contributed by atoms with E-state index in [0.29, 0.717) is 10.7 Å². The number of halogens is 1. The molecule has 1 atom stereocenters. The van der Waals surface area contributed by atoms with Crippen molar-refractivity contribution < 1.29 is 9.53 Å². The number of azo groups is 1. The molecule has 1 aromatic rings. The van der Waals surface area contributed by atoms with Gasteiger partial charge in [-0.3, -0.25) is 0 Å². The highest BCUT2D eigenvalue weighted by Gasteiger charge is 2.18. The minimum Gasteiger partial charge on any atom is -0.464 e. The van der Waals surface area contributed by atoms with Crippen LogP contribution in [-0.2, 0) is 9.53 Å². The van der Waals surface area contributed by atoms with Gasteiger partial charge in [-0.2, -0.15) is 15.5 Å². The summed E-state index contributed by atoms with van der Waals surface area (Å²) in [6.45, 7) is 1.84. The van der Waals surface area contributed by atoms with E-state index in [9.17, 15) is 4.79 Å². The Labute approximate surface area is 104 Å². The van der Waals surface area contributed by atoms with Crippen LogP contribution >= 0.6 is 11.6 Å². The van der Waals surface area contributed by atoms with Crippen LogP contribution < -0.4 is 0 Å². The number of nitriles is 1. The second-order valence-corrected chi connectivity index (χ2v) is 3.36. The predicted octanol–water partition coefficient (Wildman–Crippen LogP) is 2.88. The van der Waals surface area contributed by atoms with E-state index in [0.717, 1.165) is 0 Å². The second kappa shape index (κ2) is 6.61. The monoisotopic (exact) mass is 251 g/mol. The number of carbonyl (C=O) groups excluding carboxylic acids is 1. The van der Waals surface area contributed by atoms with E-state index in [1.54, 1.807) is 37.3 Å². The van der Waals surface area contributed by atoms with Gasteiger partial charge in [-0.05, 0) is 19.1 Å². The Bertz CT molecular complexity index is 468. The molecule has 0 unspecified atom stereocenters. The standard InChI is InChI=1S/C11H10ClN3O2/c1-2-17-11(16)10(7-13)15-14-9-6-4-3-5-8(9)12/h3-6,10H,2H2,1H3/t10-/m0/s1. The third-order valence-corrected chi connectivity index (χ3v) is 2.09.